The van der Waals surface area contributed by atoms with Crippen molar-refractivity contribution in [2.24, 2.45) is 11.8 Å². The highest BCUT2D eigenvalue weighted by atomic mass is 35.5. The van der Waals surface area contributed by atoms with Crippen molar-refractivity contribution < 1.29 is 4.79 Å². The number of amides is 1. The highest BCUT2D eigenvalue weighted by Crippen LogP contribution is 2.27. The van der Waals surface area contributed by atoms with Crippen LogP contribution in [0.25, 0.3) is 0 Å². The monoisotopic (exact) mass is 286 g/mol. The van der Waals surface area contributed by atoms with Crippen LogP contribution in [0.5, 0.6) is 0 Å². The van der Waals surface area contributed by atoms with Gasteiger partial charge in [0.2, 0.25) is 11.9 Å². The van der Waals surface area contributed by atoms with Crippen LogP contribution in [-0.2, 0) is 11.3 Å². The molecule has 6 heteroatoms. The molecular formula is C13H23ClN4O. The molecular weight excluding hydrogens is 264 g/mol. The zero-order chi connectivity index (χ0) is 13.0. The summed E-state index contributed by atoms with van der Waals surface area (Å²) >= 11 is 0. The van der Waals surface area contributed by atoms with Gasteiger partial charge in [-0.25, -0.2) is 4.98 Å². The van der Waals surface area contributed by atoms with Crippen molar-refractivity contribution >= 4 is 24.3 Å². The lowest BCUT2D eigenvalue weighted by molar-refractivity contribution is -0.115. The third-order valence-electron chi connectivity index (χ3n) is 2.94. The molecule has 2 rings (SSSR count). The maximum Gasteiger partial charge on any atom is 0.240 e. The molecule has 0 bridgehead atoms. The lowest BCUT2D eigenvalue weighted by atomic mass is 10.2. The van der Waals surface area contributed by atoms with E-state index in [9.17, 15) is 4.79 Å². The zero-order valence-electron chi connectivity index (χ0n) is 11.6. The van der Waals surface area contributed by atoms with Crippen LogP contribution in [0.15, 0.2) is 12.4 Å². The fourth-order valence-electron chi connectivity index (χ4n) is 1.85. The number of anilines is 1. The molecule has 0 atom stereocenters. The van der Waals surface area contributed by atoms with Gasteiger partial charge >= 0.3 is 0 Å². The van der Waals surface area contributed by atoms with Crippen LogP contribution < -0.4 is 10.6 Å². The molecule has 1 saturated carbocycles. The number of imidazole rings is 1. The van der Waals surface area contributed by atoms with E-state index in [1.807, 2.05) is 10.8 Å². The summed E-state index contributed by atoms with van der Waals surface area (Å²) in [5.41, 5.74) is 0. The summed E-state index contributed by atoms with van der Waals surface area (Å²) in [7, 11) is 0. The third kappa shape index (κ3) is 5.61. The summed E-state index contributed by atoms with van der Waals surface area (Å²) in [4.78, 5) is 15.9. The van der Waals surface area contributed by atoms with Gasteiger partial charge in [-0.2, -0.15) is 0 Å². The number of halogens is 1. The van der Waals surface area contributed by atoms with Gasteiger partial charge in [-0.3, -0.25) is 10.1 Å². The number of nitrogens with one attached hydrogen (secondary N) is 2. The maximum absolute atomic E-state index is 11.7. The van der Waals surface area contributed by atoms with E-state index >= 15 is 0 Å². The molecule has 19 heavy (non-hydrogen) atoms. The fourth-order valence-corrected chi connectivity index (χ4v) is 1.85. The van der Waals surface area contributed by atoms with Crippen LogP contribution in [0.1, 0.15) is 26.7 Å². The fraction of sp³-hybridized carbons (Fsp3) is 0.692. The Kier molecular flexibility index (Phi) is 6.31. The lowest BCUT2D eigenvalue weighted by Crippen LogP contribution is -2.30. The molecule has 0 radical (unpaired) electrons. The second-order valence-electron chi connectivity index (χ2n) is 5.42. The van der Waals surface area contributed by atoms with Crippen molar-refractivity contribution in [1.29, 1.82) is 0 Å². The molecule has 0 saturated heterocycles. The molecule has 5 nitrogen and oxygen atoms in total. The molecule has 1 fully saturated rings. The summed E-state index contributed by atoms with van der Waals surface area (Å²) in [5.74, 6) is 1.94. The number of rotatable bonds is 7. The first-order chi connectivity index (χ1) is 8.65. The van der Waals surface area contributed by atoms with E-state index in [0.717, 1.165) is 19.0 Å². The third-order valence-corrected chi connectivity index (χ3v) is 2.94. The van der Waals surface area contributed by atoms with E-state index in [1.165, 1.54) is 12.8 Å². The summed E-state index contributed by atoms with van der Waals surface area (Å²) in [6.07, 6.45) is 6.21. The normalized spacial score (nSPS) is 14.3. The van der Waals surface area contributed by atoms with Gasteiger partial charge in [0.25, 0.3) is 0 Å². The highest BCUT2D eigenvalue weighted by molar-refractivity contribution is 5.90. The molecule has 1 aliphatic rings. The van der Waals surface area contributed by atoms with Gasteiger partial charge < -0.3 is 9.88 Å². The Morgan fingerprint density at radius 2 is 2.26 bits per heavy atom. The Morgan fingerprint density at radius 1 is 1.53 bits per heavy atom. The quantitative estimate of drug-likeness (QED) is 0.805. The molecule has 0 aliphatic heterocycles. The first-order valence-corrected chi connectivity index (χ1v) is 6.67. The van der Waals surface area contributed by atoms with E-state index in [2.05, 4.69) is 29.5 Å². The molecule has 0 aromatic carbocycles. The topological polar surface area (TPSA) is 59.0 Å². The average molecular weight is 287 g/mol. The van der Waals surface area contributed by atoms with Crippen molar-refractivity contribution in [3.05, 3.63) is 12.4 Å². The molecule has 1 aromatic rings. The Bertz CT molecular complexity index is 401. The highest BCUT2D eigenvalue weighted by Gasteiger charge is 2.20. The van der Waals surface area contributed by atoms with E-state index in [4.69, 9.17) is 0 Å². The Balaban J connectivity index is 0.00000180. The number of hydrogen-bond donors (Lipinski definition) is 2. The second-order valence-corrected chi connectivity index (χ2v) is 5.42. The molecule has 1 aliphatic carbocycles. The number of carbonyl (C=O) groups excluding carboxylic acids is 1. The van der Waals surface area contributed by atoms with Crippen LogP contribution in [0, 0.1) is 11.8 Å². The molecule has 1 amide bonds. The first kappa shape index (κ1) is 16.0. The van der Waals surface area contributed by atoms with Crippen LogP contribution in [-0.4, -0.2) is 28.5 Å². The van der Waals surface area contributed by atoms with Crippen molar-refractivity contribution in [3.8, 4) is 0 Å². The van der Waals surface area contributed by atoms with Crippen molar-refractivity contribution in [2.45, 2.75) is 33.2 Å². The summed E-state index contributed by atoms with van der Waals surface area (Å²) < 4.78 is 1.98. The molecule has 1 heterocycles. The minimum atomic E-state index is -0.0214. The predicted octanol–water partition coefficient (Wildman–Crippen LogP) is 1.90. The van der Waals surface area contributed by atoms with Crippen molar-refractivity contribution in [3.63, 3.8) is 0 Å². The van der Waals surface area contributed by atoms with Crippen LogP contribution in [0.2, 0.25) is 0 Å². The van der Waals surface area contributed by atoms with Gasteiger partial charge in [-0.15, -0.1) is 12.4 Å². The average Bonchev–Trinajstić information content (AvgIpc) is 3.02. The standard InChI is InChI=1S/C13H22N4O.ClH/c1-10(2)9-17-6-5-15-13(17)16-12(18)8-14-7-11-3-4-11;/h5-6,10-11,14H,3-4,7-9H2,1-2H3,(H,15,16,18);1H. The number of nitrogens with zero attached hydrogens (tertiary/aromatic N) is 2. The Labute approximate surface area is 120 Å². The maximum atomic E-state index is 11.7. The summed E-state index contributed by atoms with van der Waals surface area (Å²) in [6, 6.07) is 0. The SMILES string of the molecule is CC(C)Cn1ccnc1NC(=O)CNCC1CC1.Cl. The predicted molar refractivity (Wildman–Crippen MR) is 78.5 cm³/mol. The van der Waals surface area contributed by atoms with Gasteiger partial charge in [0, 0.05) is 18.9 Å². The lowest BCUT2D eigenvalue weighted by Gasteiger charge is -2.11. The van der Waals surface area contributed by atoms with E-state index in [-0.39, 0.29) is 18.3 Å². The molecule has 108 valence electrons. The Morgan fingerprint density at radius 3 is 2.89 bits per heavy atom. The molecule has 1 aromatic heterocycles. The van der Waals surface area contributed by atoms with Crippen molar-refractivity contribution in [1.82, 2.24) is 14.9 Å². The molecule has 2 N–H and O–H groups in total. The van der Waals surface area contributed by atoms with Crippen molar-refractivity contribution in [2.75, 3.05) is 18.4 Å². The second kappa shape index (κ2) is 7.50. The van der Waals surface area contributed by atoms with E-state index < -0.39 is 0 Å². The number of aromatic nitrogens is 2. The van der Waals surface area contributed by atoms with Crippen LogP contribution >= 0.6 is 12.4 Å². The molecule has 0 spiro atoms. The van der Waals surface area contributed by atoms with E-state index in [1.54, 1.807) is 6.20 Å². The van der Waals surface area contributed by atoms with Gasteiger partial charge in [-0.05, 0) is 31.2 Å². The minimum Gasteiger partial charge on any atom is -0.317 e. The zero-order valence-corrected chi connectivity index (χ0v) is 12.4. The van der Waals surface area contributed by atoms with Gasteiger partial charge in [0.15, 0.2) is 0 Å². The molecule has 0 unspecified atom stereocenters. The van der Waals surface area contributed by atoms with E-state index in [0.29, 0.717) is 18.4 Å². The summed E-state index contributed by atoms with van der Waals surface area (Å²) in [5, 5.41) is 6.01. The minimum absolute atomic E-state index is 0. The van der Waals surface area contributed by atoms with Gasteiger partial charge in [-0.1, -0.05) is 13.8 Å². The number of carbonyl (C=O) groups is 1. The van der Waals surface area contributed by atoms with Gasteiger partial charge in [0.1, 0.15) is 0 Å². The van der Waals surface area contributed by atoms with Gasteiger partial charge in [0.05, 0.1) is 6.54 Å². The summed E-state index contributed by atoms with van der Waals surface area (Å²) in [6.45, 7) is 6.47. The number of hydrogen-bond acceptors (Lipinski definition) is 3. The largest absolute Gasteiger partial charge is 0.317 e. The smallest absolute Gasteiger partial charge is 0.240 e. The van der Waals surface area contributed by atoms with Crippen LogP contribution in [0.3, 0.4) is 0 Å². The Hall–Kier alpha value is -1.07. The van der Waals surface area contributed by atoms with Crippen LogP contribution in [0.4, 0.5) is 5.95 Å². The first-order valence-electron chi connectivity index (χ1n) is 6.67.